The highest BCUT2D eigenvalue weighted by molar-refractivity contribution is 5.88. The number of hydrogen-bond acceptors (Lipinski definition) is 5. The standard InChI is InChI=1S/C24H35N3O4/c1-26(14-9-19-10-16-31-17-11-19)23(28)18-21-24(29)25-12-15-27(21)13-5-7-20-6-3-4-8-22(20)30-2/h3-8,19,21H,9-18H2,1-2H3,(H,25,29)/b7-5+/t21-/m0/s1. The first-order valence-corrected chi connectivity index (χ1v) is 11.2. The van der Waals surface area contributed by atoms with Crippen LogP contribution in [0.5, 0.6) is 5.75 Å². The van der Waals surface area contributed by atoms with Crippen LogP contribution >= 0.6 is 0 Å². The smallest absolute Gasteiger partial charge is 0.237 e. The molecule has 2 heterocycles. The second kappa shape index (κ2) is 11.9. The van der Waals surface area contributed by atoms with Gasteiger partial charge in [-0.3, -0.25) is 14.5 Å². The van der Waals surface area contributed by atoms with E-state index in [2.05, 4.69) is 10.2 Å². The zero-order valence-corrected chi connectivity index (χ0v) is 18.7. The number of para-hydroxylation sites is 1. The maximum absolute atomic E-state index is 12.8. The molecular formula is C24H35N3O4. The summed E-state index contributed by atoms with van der Waals surface area (Å²) in [5.41, 5.74) is 0.993. The van der Waals surface area contributed by atoms with E-state index in [1.165, 1.54) is 0 Å². The van der Waals surface area contributed by atoms with E-state index >= 15 is 0 Å². The molecule has 170 valence electrons. The lowest BCUT2D eigenvalue weighted by molar-refractivity contribution is -0.138. The van der Waals surface area contributed by atoms with Gasteiger partial charge in [-0.1, -0.05) is 30.4 Å². The zero-order valence-electron chi connectivity index (χ0n) is 18.7. The van der Waals surface area contributed by atoms with Gasteiger partial charge in [0.2, 0.25) is 11.8 Å². The minimum absolute atomic E-state index is 0.0211. The molecule has 3 rings (SSSR count). The Morgan fingerprint density at radius 2 is 2.10 bits per heavy atom. The van der Waals surface area contributed by atoms with E-state index in [0.717, 1.165) is 56.9 Å². The van der Waals surface area contributed by atoms with Crippen molar-refractivity contribution in [3.05, 3.63) is 35.9 Å². The first-order chi connectivity index (χ1) is 15.1. The van der Waals surface area contributed by atoms with Crippen LogP contribution in [0.1, 0.15) is 31.2 Å². The second-order valence-electron chi connectivity index (χ2n) is 8.31. The first kappa shape index (κ1) is 23.3. The summed E-state index contributed by atoms with van der Waals surface area (Å²) in [4.78, 5) is 29.2. The van der Waals surface area contributed by atoms with E-state index in [1.807, 2.05) is 43.5 Å². The average Bonchev–Trinajstić information content (AvgIpc) is 2.80. The van der Waals surface area contributed by atoms with Crippen LogP contribution in [0.15, 0.2) is 30.3 Å². The molecule has 7 nitrogen and oxygen atoms in total. The summed E-state index contributed by atoms with van der Waals surface area (Å²) in [6.45, 7) is 4.31. The molecule has 2 saturated heterocycles. The van der Waals surface area contributed by atoms with Crippen LogP contribution in [0.25, 0.3) is 6.08 Å². The van der Waals surface area contributed by atoms with Crippen molar-refractivity contribution in [2.45, 2.75) is 31.7 Å². The summed E-state index contributed by atoms with van der Waals surface area (Å²) in [5.74, 6) is 1.39. The van der Waals surface area contributed by atoms with Crippen LogP contribution in [0.3, 0.4) is 0 Å². The summed E-state index contributed by atoms with van der Waals surface area (Å²) in [6, 6.07) is 7.38. The van der Waals surface area contributed by atoms with Crippen molar-refractivity contribution in [1.29, 1.82) is 0 Å². The Morgan fingerprint density at radius 1 is 1.32 bits per heavy atom. The molecule has 2 fully saturated rings. The molecule has 2 amide bonds. The van der Waals surface area contributed by atoms with E-state index in [4.69, 9.17) is 9.47 Å². The molecule has 0 saturated carbocycles. The molecule has 0 bridgehead atoms. The Balaban J connectivity index is 1.53. The Kier molecular flexibility index (Phi) is 8.91. The molecule has 1 aromatic carbocycles. The molecule has 1 aromatic rings. The van der Waals surface area contributed by atoms with Gasteiger partial charge in [-0.2, -0.15) is 0 Å². The minimum atomic E-state index is -0.436. The number of methoxy groups -OCH3 is 1. The number of ether oxygens (including phenoxy) is 2. The summed E-state index contributed by atoms with van der Waals surface area (Å²) in [6.07, 6.45) is 7.37. The lowest BCUT2D eigenvalue weighted by Gasteiger charge is -2.35. The minimum Gasteiger partial charge on any atom is -0.496 e. The highest BCUT2D eigenvalue weighted by Gasteiger charge is 2.31. The predicted molar refractivity (Wildman–Crippen MR) is 121 cm³/mol. The van der Waals surface area contributed by atoms with Gasteiger partial charge in [0, 0.05) is 52.0 Å². The monoisotopic (exact) mass is 429 g/mol. The molecule has 2 aliphatic rings. The molecular weight excluding hydrogens is 394 g/mol. The topological polar surface area (TPSA) is 71.1 Å². The SMILES string of the molecule is COc1ccccc1/C=C/CN1CCNC(=O)[C@@H]1CC(=O)N(C)CCC1CCOCC1. The number of nitrogens with zero attached hydrogens (tertiary/aromatic N) is 2. The summed E-state index contributed by atoms with van der Waals surface area (Å²) >= 11 is 0. The van der Waals surface area contributed by atoms with Crippen LogP contribution in [0.2, 0.25) is 0 Å². The Labute approximate surface area is 185 Å². The van der Waals surface area contributed by atoms with E-state index in [9.17, 15) is 9.59 Å². The number of benzene rings is 1. The fourth-order valence-corrected chi connectivity index (χ4v) is 4.18. The van der Waals surface area contributed by atoms with Crippen molar-refractivity contribution in [3.63, 3.8) is 0 Å². The molecule has 1 N–H and O–H groups in total. The fourth-order valence-electron chi connectivity index (χ4n) is 4.18. The largest absolute Gasteiger partial charge is 0.496 e. The normalized spacial score (nSPS) is 20.6. The molecule has 31 heavy (non-hydrogen) atoms. The molecule has 7 heteroatoms. The average molecular weight is 430 g/mol. The molecule has 0 radical (unpaired) electrons. The van der Waals surface area contributed by atoms with Gasteiger partial charge < -0.3 is 19.7 Å². The number of piperazine rings is 1. The number of amides is 2. The van der Waals surface area contributed by atoms with Crippen molar-refractivity contribution in [1.82, 2.24) is 15.1 Å². The first-order valence-electron chi connectivity index (χ1n) is 11.2. The third-order valence-electron chi connectivity index (χ3n) is 6.23. The van der Waals surface area contributed by atoms with Gasteiger partial charge in [-0.25, -0.2) is 0 Å². The molecule has 0 aromatic heterocycles. The predicted octanol–water partition coefficient (Wildman–Crippen LogP) is 2.17. The van der Waals surface area contributed by atoms with Crippen molar-refractivity contribution in [2.24, 2.45) is 5.92 Å². The third kappa shape index (κ3) is 6.80. The van der Waals surface area contributed by atoms with Gasteiger partial charge in [0.25, 0.3) is 0 Å². The molecule has 1 atom stereocenters. The molecule has 0 spiro atoms. The van der Waals surface area contributed by atoms with Crippen LogP contribution in [-0.2, 0) is 14.3 Å². The number of carbonyl (C=O) groups is 2. The van der Waals surface area contributed by atoms with Crippen molar-refractivity contribution < 1.29 is 19.1 Å². The summed E-state index contributed by atoms with van der Waals surface area (Å²) in [7, 11) is 3.50. The summed E-state index contributed by atoms with van der Waals surface area (Å²) in [5, 5.41) is 2.91. The summed E-state index contributed by atoms with van der Waals surface area (Å²) < 4.78 is 10.8. The molecule has 0 unspecified atom stereocenters. The van der Waals surface area contributed by atoms with Crippen LogP contribution in [-0.4, -0.2) is 81.2 Å². The highest BCUT2D eigenvalue weighted by atomic mass is 16.5. The Bertz CT molecular complexity index is 761. The van der Waals surface area contributed by atoms with Crippen molar-refractivity contribution in [3.8, 4) is 5.75 Å². The lowest BCUT2D eigenvalue weighted by atomic mass is 9.96. The Hall–Kier alpha value is -2.38. The number of rotatable bonds is 9. The maximum atomic E-state index is 12.8. The van der Waals surface area contributed by atoms with E-state index in [1.54, 1.807) is 12.0 Å². The number of hydrogen-bond donors (Lipinski definition) is 1. The van der Waals surface area contributed by atoms with Gasteiger partial charge in [0.1, 0.15) is 5.75 Å². The molecule has 2 aliphatic heterocycles. The quantitative estimate of drug-likeness (QED) is 0.652. The number of nitrogens with one attached hydrogen (secondary N) is 1. The van der Waals surface area contributed by atoms with Crippen molar-refractivity contribution >= 4 is 17.9 Å². The highest BCUT2D eigenvalue weighted by Crippen LogP contribution is 2.20. The van der Waals surface area contributed by atoms with Crippen molar-refractivity contribution in [2.75, 3.05) is 53.6 Å². The Morgan fingerprint density at radius 3 is 2.87 bits per heavy atom. The van der Waals surface area contributed by atoms with Crippen LogP contribution in [0.4, 0.5) is 0 Å². The van der Waals surface area contributed by atoms with Gasteiger partial charge >= 0.3 is 0 Å². The number of carbonyl (C=O) groups excluding carboxylic acids is 2. The van der Waals surface area contributed by atoms with E-state index in [0.29, 0.717) is 19.0 Å². The van der Waals surface area contributed by atoms with Crippen LogP contribution < -0.4 is 10.1 Å². The van der Waals surface area contributed by atoms with Gasteiger partial charge in [-0.15, -0.1) is 0 Å². The van der Waals surface area contributed by atoms with Crippen LogP contribution in [0, 0.1) is 5.92 Å². The fraction of sp³-hybridized carbons (Fsp3) is 0.583. The molecule has 0 aliphatic carbocycles. The van der Waals surface area contributed by atoms with E-state index in [-0.39, 0.29) is 18.2 Å². The third-order valence-corrected chi connectivity index (χ3v) is 6.23. The second-order valence-corrected chi connectivity index (χ2v) is 8.31. The van der Waals surface area contributed by atoms with Gasteiger partial charge in [0.05, 0.1) is 19.6 Å². The van der Waals surface area contributed by atoms with Gasteiger partial charge in [-0.05, 0) is 31.2 Å². The zero-order chi connectivity index (χ0) is 22.1. The lowest BCUT2D eigenvalue weighted by Crippen LogP contribution is -2.56. The van der Waals surface area contributed by atoms with E-state index < -0.39 is 6.04 Å². The maximum Gasteiger partial charge on any atom is 0.237 e. The van der Waals surface area contributed by atoms with Gasteiger partial charge in [0.15, 0.2) is 0 Å².